The molecule has 2 aromatic rings. The second kappa shape index (κ2) is 6.71. The van der Waals surface area contributed by atoms with Crippen LogP contribution < -0.4 is 10.0 Å². The van der Waals surface area contributed by atoms with Crippen molar-refractivity contribution in [1.29, 1.82) is 0 Å². The van der Waals surface area contributed by atoms with Crippen molar-refractivity contribution in [2.24, 2.45) is 0 Å². The monoisotopic (exact) mass is 374 g/mol. The Labute approximate surface area is 131 Å². The van der Waals surface area contributed by atoms with Crippen LogP contribution in [0.25, 0.3) is 0 Å². The normalized spacial score (nSPS) is 11.5. The Morgan fingerprint density at radius 1 is 1.25 bits per heavy atom. The summed E-state index contributed by atoms with van der Waals surface area (Å²) in [7, 11) is -3.53. The summed E-state index contributed by atoms with van der Waals surface area (Å²) in [5, 5.41) is 4.98. The molecule has 0 fully saturated rings. The number of nitrogens with one attached hydrogen (secondary N) is 2. The number of rotatable bonds is 6. The summed E-state index contributed by atoms with van der Waals surface area (Å²) in [5.74, 6) is 0. The van der Waals surface area contributed by atoms with E-state index >= 15 is 0 Å². The van der Waals surface area contributed by atoms with Gasteiger partial charge in [-0.15, -0.1) is 11.3 Å². The molecule has 0 amide bonds. The second-order valence-electron chi connectivity index (χ2n) is 4.04. The van der Waals surface area contributed by atoms with Crippen LogP contribution in [-0.2, 0) is 16.6 Å². The van der Waals surface area contributed by atoms with E-state index in [1.165, 1.54) is 11.3 Å². The molecule has 4 nitrogen and oxygen atoms in total. The average Bonchev–Trinajstić information content (AvgIpc) is 2.83. The molecule has 1 aromatic carbocycles. The third-order valence-corrected chi connectivity index (χ3v) is 6.04. The van der Waals surface area contributed by atoms with Crippen LogP contribution in [0.2, 0.25) is 0 Å². The topological polar surface area (TPSA) is 58.2 Å². The fraction of sp³-hybridized carbons (Fsp3) is 0.231. The molecule has 7 heteroatoms. The number of para-hydroxylation sites is 1. The van der Waals surface area contributed by atoms with Crippen LogP contribution in [-0.4, -0.2) is 15.0 Å². The molecular formula is C13H15BrN2O2S2. The van der Waals surface area contributed by atoms with E-state index in [1.807, 2.05) is 24.4 Å². The van der Waals surface area contributed by atoms with Crippen molar-refractivity contribution in [2.75, 3.05) is 11.9 Å². The van der Waals surface area contributed by atoms with Crippen LogP contribution in [0.3, 0.4) is 0 Å². The van der Waals surface area contributed by atoms with E-state index in [4.69, 9.17) is 0 Å². The highest BCUT2D eigenvalue weighted by Gasteiger charge is 2.18. The number of thiophene rings is 1. The zero-order valence-corrected chi connectivity index (χ0v) is 14.1. The summed E-state index contributed by atoms with van der Waals surface area (Å²) in [6, 6.07) is 8.80. The first-order valence-electron chi connectivity index (χ1n) is 6.09. The van der Waals surface area contributed by atoms with Gasteiger partial charge in [0.05, 0.1) is 5.69 Å². The van der Waals surface area contributed by atoms with Crippen molar-refractivity contribution in [3.63, 3.8) is 0 Å². The smallest absolute Gasteiger partial charge is 0.242 e. The van der Waals surface area contributed by atoms with E-state index < -0.39 is 10.0 Å². The van der Waals surface area contributed by atoms with Crippen molar-refractivity contribution in [3.8, 4) is 0 Å². The molecule has 0 spiro atoms. The van der Waals surface area contributed by atoms with Crippen LogP contribution in [0.15, 0.2) is 45.1 Å². The number of hydrogen-bond donors (Lipinski definition) is 2. The van der Waals surface area contributed by atoms with Crippen LogP contribution in [0.5, 0.6) is 0 Å². The molecule has 0 unspecified atom stereocenters. The maximum atomic E-state index is 12.4. The molecule has 2 rings (SSSR count). The van der Waals surface area contributed by atoms with Crippen LogP contribution in [0.1, 0.15) is 11.8 Å². The van der Waals surface area contributed by atoms with Gasteiger partial charge in [0.15, 0.2) is 0 Å². The average molecular weight is 375 g/mol. The van der Waals surface area contributed by atoms with E-state index in [0.717, 1.165) is 9.35 Å². The Hall–Kier alpha value is -0.890. The zero-order chi connectivity index (χ0) is 14.6. The van der Waals surface area contributed by atoms with Crippen molar-refractivity contribution in [2.45, 2.75) is 18.4 Å². The van der Waals surface area contributed by atoms with Gasteiger partial charge in [-0.3, -0.25) is 0 Å². The lowest BCUT2D eigenvalue weighted by Gasteiger charge is -2.12. The third kappa shape index (κ3) is 3.60. The molecule has 0 aliphatic carbocycles. The minimum absolute atomic E-state index is 0.273. The second-order valence-corrected chi connectivity index (χ2v) is 7.63. The van der Waals surface area contributed by atoms with Crippen molar-refractivity contribution in [3.05, 3.63) is 45.1 Å². The van der Waals surface area contributed by atoms with E-state index in [0.29, 0.717) is 12.2 Å². The molecule has 1 aromatic heterocycles. The summed E-state index contributed by atoms with van der Waals surface area (Å²) in [4.78, 5) is 1.23. The Morgan fingerprint density at radius 2 is 2.00 bits per heavy atom. The molecule has 0 atom stereocenters. The number of sulfonamides is 1. The quantitative estimate of drug-likeness (QED) is 0.814. The maximum absolute atomic E-state index is 12.4. The highest BCUT2D eigenvalue weighted by molar-refractivity contribution is 9.10. The van der Waals surface area contributed by atoms with Gasteiger partial charge in [-0.1, -0.05) is 12.1 Å². The predicted molar refractivity (Wildman–Crippen MR) is 86.7 cm³/mol. The number of anilines is 1. The van der Waals surface area contributed by atoms with Crippen molar-refractivity contribution >= 4 is 43.0 Å². The summed E-state index contributed by atoms with van der Waals surface area (Å²) in [6.07, 6.45) is 0. The molecule has 108 valence electrons. The van der Waals surface area contributed by atoms with Gasteiger partial charge in [-0.25, -0.2) is 13.1 Å². The van der Waals surface area contributed by atoms with Gasteiger partial charge < -0.3 is 5.32 Å². The lowest BCUT2D eigenvalue weighted by Crippen LogP contribution is -2.24. The molecule has 2 N–H and O–H groups in total. The van der Waals surface area contributed by atoms with Gasteiger partial charge >= 0.3 is 0 Å². The fourth-order valence-corrected chi connectivity index (χ4v) is 4.43. The molecule has 0 aliphatic rings. The van der Waals surface area contributed by atoms with E-state index in [2.05, 4.69) is 26.0 Å². The minimum Gasteiger partial charge on any atom is -0.384 e. The summed E-state index contributed by atoms with van der Waals surface area (Å²) < 4.78 is 28.3. The fourth-order valence-electron chi connectivity index (χ4n) is 1.73. The molecule has 1 heterocycles. The summed E-state index contributed by atoms with van der Waals surface area (Å²) in [6.45, 7) is 2.88. The minimum atomic E-state index is -3.53. The van der Waals surface area contributed by atoms with Gasteiger partial charge in [0.1, 0.15) is 4.90 Å². The SMILES string of the molecule is CCNc1ccccc1S(=O)(=O)NCc1sccc1Br. The first kappa shape index (κ1) is 15.5. The highest BCUT2D eigenvalue weighted by atomic mass is 79.9. The summed E-state index contributed by atoms with van der Waals surface area (Å²) in [5.41, 5.74) is 0.618. The third-order valence-electron chi connectivity index (χ3n) is 2.66. The molecule has 0 bridgehead atoms. The predicted octanol–water partition coefficient (Wildman–Crippen LogP) is 3.42. The molecule has 0 saturated carbocycles. The Kier molecular flexibility index (Phi) is 5.20. The van der Waals surface area contributed by atoms with Gasteiger partial charge in [0, 0.05) is 22.4 Å². The zero-order valence-electron chi connectivity index (χ0n) is 10.9. The molecule has 0 radical (unpaired) electrons. The number of halogens is 1. The van der Waals surface area contributed by atoms with Crippen LogP contribution in [0, 0.1) is 0 Å². The van der Waals surface area contributed by atoms with E-state index in [-0.39, 0.29) is 11.4 Å². The number of benzene rings is 1. The lowest BCUT2D eigenvalue weighted by molar-refractivity contribution is 0.582. The molecule has 0 saturated heterocycles. The van der Waals surface area contributed by atoms with Crippen LogP contribution in [0.4, 0.5) is 5.69 Å². The maximum Gasteiger partial charge on any atom is 0.242 e. The van der Waals surface area contributed by atoms with Crippen molar-refractivity contribution in [1.82, 2.24) is 4.72 Å². The van der Waals surface area contributed by atoms with Gasteiger partial charge in [0.2, 0.25) is 10.0 Å². The summed E-state index contributed by atoms with van der Waals surface area (Å²) >= 11 is 4.90. The van der Waals surface area contributed by atoms with Crippen LogP contribution >= 0.6 is 27.3 Å². The molecule has 0 aliphatic heterocycles. The lowest BCUT2D eigenvalue weighted by atomic mass is 10.3. The van der Waals surface area contributed by atoms with Crippen molar-refractivity contribution < 1.29 is 8.42 Å². The first-order valence-corrected chi connectivity index (χ1v) is 9.24. The molecular weight excluding hydrogens is 360 g/mol. The van der Waals surface area contributed by atoms with Gasteiger partial charge in [-0.2, -0.15) is 0 Å². The van der Waals surface area contributed by atoms with Gasteiger partial charge in [0.25, 0.3) is 0 Å². The van der Waals surface area contributed by atoms with E-state index in [9.17, 15) is 8.42 Å². The number of hydrogen-bond acceptors (Lipinski definition) is 4. The van der Waals surface area contributed by atoms with E-state index in [1.54, 1.807) is 18.2 Å². The molecule has 20 heavy (non-hydrogen) atoms. The van der Waals surface area contributed by atoms with Gasteiger partial charge in [-0.05, 0) is 46.4 Å². The highest BCUT2D eigenvalue weighted by Crippen LogP contribution is 2.24. The standard InChI is InChI=1S/C13H15BrN2O2S2/c1-2-15-11-5-3-4-6-13(11)20(17,18)16-9-12-10(14)7-8-19-12/h3-8,15-16H,2,9H2,1H3. The largest absolute Gasteiger partial charge is 0.384 e. The first-order chi connectivity index (χ1) is 9.54. The Bertz CT molecular complexity index is 683. The Balaban J connectivity index is 2.20. The Morgan fingerprint density at radius 3 is 2.65 bits per heavy atom.